The third kappa shape index (κ3) is 3.88. The van der Waals surface area contributed by atoms with Gasteiger partial charge in [-0.25, -0.2) is 4.79 Å². The Bertz CT molecular complexity index is 885. The zero-order chi connectivity index (χ0) is 19.5. The average Bonchev–Trinajstić information content (AvgIpc) is 3.22. The van der Waals surface area contributed by atoms with Crippen molar-refractivity contribution < 1.29 is 14.4 Å². The Hall–Kier alpha value is -2.83. The number of nitrogens with zero attached hydrogens (tertiary/aromatic N) is 1. The SMILES string of the molecule is O=C(CC1NC(=O)N(CCc2c[nH]c3ccccc23)C1=O)NC1CCCCC1. The molecular formula is C21H26N4O3. The number of aromatic nitrogens is 1. The van der Waals surface area contributed by atoms with Crippen molar-refractivity contribution in [1.82, 2.24) is 20.5 Å². The minimum Gasteiger partial charge on any atom is -0.361 e. The van der Waals surface area contributed by atoms with Crippen molar-refractivity contribution in [3.05, 3.63) is 36.0 Å². The first-order valence-electron chi connectivity index (χ1n) is 10.1. The van der Waals surface area contributed by atoms with E-state index >= 15 is 0 Å². The van der Waals surface area contributed by atoms with Crippen molar-refractivity contribution in [3.8, 4) is 0 Å². The Morgan fingerprint density at radius 2 is 1.93 bits per heavy atom. The Balaban J connectivity index is 1.32. The molecule has 7 heteroatoms. The lowest BCUT2D eigenvalue weighted by Gasteiger charge is -2.23. The smallest absolute Gasteiger partial charge is 0.324 e. The summed E-state index contributed by atoms with van der Waals surface area (Å²) in [5.74, 6) is -0.479. The Kier molecular flexibility index (Phi) is 5.32. The van der Waals surface area contributed by atoms with E-state index < -0.39 is 12.1 Å². The van der Waals surface area contributed by atoms with E-state index in [-0.39, 0.29) is 24.3 Å². The first-order chi connectivity index (χ1) is 13.6. The van der Waals surface area contributed by atoms with Gasteiger partial charge in [0.1, 0.15) is 6.04 Å². The number of fused-ring (bicyclic) bond motifs is 1. The molecule has 1 aromatic heterocycles. The number of hydrogen-bond acceptors (Lipinski definition) is 3. The van der Waals surface area contributed by atoms with Gasteiger partial charge < -0.3 is 15.6 Å². The molecule has 2 aromatic rings. The summed E-state index contributed by atoms with van der Waals surface area (Å²) < 4.78 is 0. The van der Waals surface area contributed by atoms with E-state index in [1.165, 1.54) is 11.3 Å². The van der Waals surface area contributed by atoms with Crippen LogP contribution in [0.3, 0.4) is 0 Å². The number of urea groups is 1. The second-order valence-electron chi connectivity index (χ2n) is 7.71. The highest BCUT2D eigenvalue weighted by atomic mass is 16.2. The molecule has 4 amide bonds. The maximum atomic E-state index is 12.6. The van der Waals surface area contributed by atoms with Crippen molar-refractivity contribution in [2.75, 3.05) is 6.54 Å². The molecule has 1 saturated carbocycles. The molecule has 2 fully saturated rings. The molecule has 1 aliphatic carbocycles. The summed E-state index contributed by atoms with van der Waals surface area (Å²) in [5, 5.41) is 6.76. The van der Waals surface area contributed by atoms with E-state index in [1.807, 2.05) is 30.5 Å². The maximum Gasteiger partial charge on any atom is 0.324 e. The van der Waals surface area contributed by atoms with Crippen molar-refractivity contribution in [1.29, 1.82) is 0 Å². The number of aromatic amines is 1. The van der Waals surface area contributed by atoms with E-state index in [4.69, 9.17) is 0 Å². The van der Waals surface area contributed by atoms with E-state index in [2.05, 4.69) is 15.6 Å². The van der Waals surface area contributed by atoms with Crippen LogP contribution in [0.15, 0.2) is 30.5 Å². The highest BCUT2D eigenvalue weighted by molar-refractivity contribution is 6.05. The number of H-pyrrole nitrogens is 1. The number of para-hydroxylation sites is 1. The lowest BCUT2D eigenvalue weighted by Crippen LogP contribution is -2.41. The van der Waals surface area contributed by atoms with Crippen LogP contribution in [-0.4, -0.2) is 46.4 Å². The minimum absolute atomic E-state index is 0.00462. The molecule has 1 aromatic carbocycles. The molecule has 1 saturated heterocycles. The number of carbonyl (C=O) groups is 3. The molecule has 1 unspecified atom stereocenters. The minimum atomic E-state index is -0.765. The summed E-state index contributed by atoms with van der Waals surface area (Å²) in [6.45, 7) is 0.299. The van der Waals surface area contributed by atoms with Gasteiger partial charge in [-0.2, -0.15) is 0 Å². The predicted octanol–water partition coefficient (Wildman–Crippen LogP) is 2.47. The van der Waals surface area contributed by atoms with E-state index in [1.54, 1.807) is 0 Å². The molecule has 0 spiro atoms. The molecule has 7 nitrogen and oxygen atoms in total. The molecule has 0 radical (unpaired) electrons. The molecule has 4 rings (SSSR count). The molecule has 1 atom stereocenters. The summed E-state index contributed by atoms with van der Waals surface area (Å²) >= 11 is 0. The Morgan fingerprint density at radius 1 is 1.14 bits per heavy atom. The van der Waals surface area contributed by atoms with E-state index in [0.717, 1.165) is 42.1 Å². The zero-order valence-corrected chi connectivity index (χ0v) is 15.9. The highest BCUT2D eigenvalue weighted by Gasteiger charge is 2.39. The molecule has 28 heavy (non-hydrogen) atoms. The van der Waals surface area contributed by atoms with Gasteiger partial charge in [-0.3, -0.25) is 14.5 Å². The van der Waals surface area contributed by atoms with Crippen molar-refractivity contribution in [2.24, 2.45) is 0 Å². The van der Waals surface area contributed by atoms with Crippen LogP contribution in [0.2, 0.25) is 0 Å². The van der Waals surface area contributed by atoms with Gasteiger partial charge in [0.15, 0.2) is 0 Å². The van der Waals surface area contributed by atoms with Crippen LogP contribution < -0.4 is 10.6 Å². The maximum absolute atomic E-state index is 12.6. The third-order valence-corrected chi connectivity index (χ3v) is 5.75. The normalized spacial score (nSPS) is 20.6. The first-order valence-corrected chi connectivity index (χ1v) is 10.1. The van der Waals surface area contributed by atoms with Crippen LogP contribution in [0.25, 0.3) is 10.9 Å². The van der Waals surface area contributed by atoms with Gasteiger partial charge in [-0.1, -0.05) is 37.5 Å². The summed E-state index contributed by atoms with van der Waals surface area (Å²) in [4.78, 5) is 41.6. The summed E-state index contributed by atoms with van der Waals surface area (Å²) in [6, 6.07) is 6.96. The fourth-order valence-corrected chi connectivity index (χ4v) is 4.22. The molecule has 1 aliphatic heterocycles. The molecule has 3 N–H and O–H groups in total. The van der Waals surface area contributed by atoms with Crippen LogP contribution in [0, 0.1) is 0 Å². The van der Waals surface area contributed by atoms with Crippen LogP contribution in [0.1, 0.15) is 44.1 Å². The van der Waals surface area contributed by atoms with Crippen molar-refractivity contribution in [3.63, 3.8) is 0 Å². The van der Waals surface area contributed by atoms with Crippen LogP contribution >= 0.6 is 0 Å². The fraction of sp³-hybridized carbons (Fsp3) is 0.476. The van der Waals surface area contributed by atoms with Crippen LogP contribution in [0.5, 0.6) is 0 Å². The predicted molar refractivity (Wildman–Crippen MR) is 106 cm³/mol. The lowest BCUT2D eigenvalue weighted by molar-refractivity contribution is -0.131. The first kappa shape index (κ1) is 18.5. The summed E-state index contributed by atoms with van der Waals surface area (Å²) in [5.41, 5.74) is 2.10. The van der Waals surface area contributed by atoms with Gasteiger partial charge in [-0.15, -0.1) is 0 Å². The number of carbonyl (C=O) groups excluding carboxylic acids is 3. The monoisotopic (exact) mass is 382 g/mol. The fourth-order valence-electron chi connectivity index (χ4n) is 4.22. The number of imide groups is 1. The molecule has 0 bridgehead atoms. The Labute approximate surface area is 163 Å². The van der Waals surface area contributed by atoms with Gasteiger partial charge >= 0.3 is 6.03 Å². The summed E-state index contributed by atoms with van der Waals surface area (Å²) in [6.07, 6.45) is 7.96. The zero-order valence-electron chi connectivity index (χ0n) is 15.9. The van der Waals surface area contributed by atoms with Crippen molar-refractivity contribution in [2.45, 2.75) is 57.0 Å². The largest absolute Gasteiger partial charge is 0.361 e. The number of rotatable bonds is 6. The van der Waals surface area contributed by atoms with Gasteiger partial charge in [-0.05, 0) is 30.9 Å². The third-order valence-electron chi connectivity index (χ3n) is 5.75. The molecule has 2 heterocycles. The second-order valence-corrected chi connectivity index (χ2v) is 7.71. The standard InChI is InChI=1S/C21H26N4O3/c26-19(23-15-6-2-1-3-7-15)12-18-20(27)25(21(28)24-18)11-10-14-13-22-17-9-5-4-8-16(14)17/h4-5,8-9,13,15,18,22H,1-3,6-7,10-12H2,(H,23,26)(H,24,28). The van der Waals surface area contributed by atoms with Crippen LogP contribution in [-0.2, 0) is 16.0 Å². The molecular weight excluding hydrogens is 356 g/mol. The number of amides is 4. The van der Waals surface area contributed by atoms with Crippen LogP contribution in [0.4, 0.5) is 4.79 Å². The molecule has 2 aliphatic rings. The van der Waals surface area contributed by atoms with Gasteiger partial charge in [0.05, 0.1) is 6.42 Å². The van der Waals surface area contributed by atoms with Gasteiger partial charge in [0.2, 0.25) is 5.91 Å². The van der Waals surface area contributed by atoms with E-state index in [9.17, 15) is 14.4 Å². The topological polar surface area (TPSA) is 94.3 Å². The number of benzene rings is 1. The second kappa shape index (κ2) is 8.04. The van der Waals surface area contributed by atoms with Gasteiger partial charge in [0.25, 0.3) is 5.91 Å². The average molecular weight is 382 g/mol. The number of nitrogens with one attached hydrogen (secondary N) is 3. The lowest BCUT2D eigenvalue weighted by atomic mass is 9.95. The number of hydrogen-bond donors (Lipinski definition) is 3. The van der Waals surface area contributed by atoms with Crippen molar-refractivity contribution >= 4 is 28.7 Å². The molecule has 148 valence electrons. The van der Waals surface area contributed by atoms with E-state index in [0.29, 0.717) is 13.0 Å². The Morgan fingerprint density at radius 3 is 2.75 bits per heavy atom. The quantitative estimate of drug-likeness (QED) is 0.670. The van der Waals surface area contributed by atoms with Gasteiger partial charge in [0, 0.05) is 29.7 Å². The summed E-state index contributed by atoms with van der Waals surface area (Å²) in [7, 11) is 0. The highest BCUT2D eigenvalue weighted by Crippen LogP contribution is 2.20.